The van der Waals surface area contributed by atoms with Crippen LogP contribution in [0.2, 0.25) is 0 Å². The number of anilines is 1. The number of carbonyl (C=O) groups is 2. The quantitative estimate of drug-likeness (QED) is 0.628. The summed E-state index contributed by atoms with van der Waals surface area (Å²) in [7, 11) is -3.58. The third-order valence-corrected chi connectivity index (χ3v) is 8.34. The number of benzene rings is 2. The average Bonchev–Trinajstić information content (AvgIpc) is 3.37. The Morgan fingerprint density at radius 2 is 1.74 bits per heavy atom. The van der Waals surface area contributed by atoms with Crippen molar-refractivity contribution < 1.29 is 22.7 Å². The number of hydrogen-bond acceptors (Lipinski definition) is 5. The summed E-state index contributed by atoms with van der Waals surface area (Å²) in [6.07, 6.45) is 2.80. The molecule has 0 saturated carbocycles. The highest BCUT2D eigenvalue weighted by Gasteiger charge is 2.32. The maximum absolute atomic E-state index is 12.9. The van der Waals surface area contributed by atoms with Gasteiger partial charge in [-0.15, -0.1) is 0 Å². The summed E-state index contributed by atoms with van der Waals surface area (Å²) in [5.74, 6) is -0.787. The minimum absolute atomic E-state index is 0.0343. The fourth-order valence-corrected chi connectivity index (χ4v) is 5.82. The van der Waals surface area contributed by atoms with Crippen LogP contribution in [0.1, 0.15) is 41.6 Å². The maximum atomic E-state index is 12.9. The first kappa shape index (κ1) is 24.4. The Hall–Kier alpha value is -2.75. The van der Waals surface area contributed by atoms with Crippen LogP contribution in [0.15, 0.2) is 53.4 Å². The molecular formula is C25H31N3O5S. The van der Waals surface area contributed by atoms with Gasteiger partial charge < -0.3 is 15.4 Å². The van der Waals surface area contributed by atoms with Crippen LogP contribution in [0.4, 0.5) is 5.69 Å². The van der Waals surface area contributed by atoms with Gasteiger partial charge in [-0.1, -0.05) is 29.8 Å². The molecule has 182 valence electrons. The second kappa shape index (κ2) is 10.7. The largest absolute Gasteiger partial charge is 0.376 e. The zero-order valence-corrected chi connectivity index (χ0v) is 20.1. The van der Waals surface area contributed by atoms with E-state index in [1.54, 1.807) is 48.5 Å². The van der Waals surface area contributed by atoms with Crippen molar-refractivity contribution in [3.63, 3.8) is 0 Å². The SMILES string of the molecule is Cc1ccc(S(=O)(=O)N2CCC(C(=O)Nc3ccccc3C(=O)NC[C@H]3CCCO3)CC2)cc1. The van der Waals surface area contributed by atoms with E-state index in [2.05, 4.69) is 10.6 Å². The lowest BCUT2D eigenvalue weighted by Crippen LogP contribution is -2.41. The van der Waals surface area contributed by atoms with E-state index in [9.17, 15) is 18.0 Å². The van der Waals surface area contributed by atoms with Crippen LogP contribution in [0, 0.1) is 12.8 Å². The van der Waals surface area contributed by atoms with Gasteiger partial charge in [0.1, 0.15) is 0 Å². The lowest BCUT2D eigenvalue weighted by molar-refractivity contribution is -0.120. The smallest absolute Gasteiger partial charge is 0.253 e. The number of hydrogen-bond donors (Lipinski definition) is 2. The highest BCUT2D eigenvalue weighted by Crippen LogP contribution is 2.26. The summed E-state index contributed by atoms with van der Waals surface area (Å²) in [6.45, 7) is 3.62. The van der Waals surface area contributed by atoms with Crippen LogP contribution in [-0.4, -0.2) is 56.9 Å². The summed E-state index contributed by atoms with van der Waals surface area (Å²) in [5, 5.41) is 5.77. The Labute approximate surface area is 200 Å². The third-order valence-electron chi connectivity index (χ3n) is 6.43. The van der Waals surface area contributed by atoms with Gasteiger partial charge in [0.25, 0.3) is 5.91 Å². The first-order chi connectivity index (χ1) is 16.3. The van der Waals surface area contributed by atoms with Gasteiger partial charge in [-0.05, 0) is 56.9 Å². The van der Waals surface area contributed by atoms with Crippen LogP contribution in [-0.2, 0) is 19.6 Å². The maximum Gasteiger partial charge on any atom is 0.253 e. The molecule has 0 aliphatic carbocycles. The van der Waals surface area contributed by atoms with E-state index in [4.69, 9.17) is 4.74 Å². The van der Waals surface area contributed by atoms with Crippen molar-refractivity contribution in [1.29, 1.82) is 0 Å². The monoisotopic (exact) mass is 485 g/mol. The molecule has 2 heterocycles. The van der Waals surface area contributed by atoms with Gasteiger partial charge in [-0.3, -0.25) is 9.59 Å². The Morgan fingerprint density at radius 3 is 2.41 bits per heavy atom. The molecule has 0 spiro atoms. The minimum Gasteiger partial charge on any atom is -0.376 e. The molecule has 0 bridgehead atoms. The molecule has 2 saturated heterocycles. The summed E-state index contributed by atoms with van der Waals surface area (Å²) in [5.41, 5.74) is 1.84. The lowest BCUT2D eigenvalue weighted by Gasteiger charge is -2.30. The van der Waals surface area contributed by atoms with Crippen molar-refractivity contribution in [2.24, 2.45) is 5.92 Å². The van der Waals surface area contributed by atoms with E-state index in [0.717, 1.165) is 25.0 Å². The first-order valence-corrected chi connectivity index (χ1v) is 13.1. The molecule has 2 aromatic rings. The van der Waals surface area contributed by atoms with Crippen LogP contribution < -0.4 is 10.6 Å². The Morgan fingerprint density at radius 1 is 1.03 bits per heavy atom. The van der Waals surface area contributed by atoms with Gasteiger partial charge in [0.05, 0.1) is 22.3 Å². The molecule has 4 rings (SSSR count). The van der Waals surface area contributed by atoms with E-state index in [1.165, 1.54) is 4.31 Å². The van der Waals surface area contributed by atoms with E-state index in [-0.39, 0.29) is 41.8 Å². The van der Waals surface area contributed by atoms with Gasteiger partial charge in [-0.25, -0.2) is 8.42 Å². The van der Waals surface area contributed by atoms with E-state index in [0.29, 0.717) is 30.6 Å². The molecule has 2 aliphatic heterocycles. The number of sulfonamides is 1. The molecule has 0 aromatic heterocycles. The van der Waals surface area contributed by atoms with Gasteiger partial charge in [-0.2, -0.15) is 4.31 Å². The van der Waals surface area contributed by atoms with Crippen LogP contribution in [0.5, 0.6) is 0 Å². The Balaban J connectivity index is 1.34. The number of amides is 2. The van der Waals surface area contributed by atoms with Crippen LogP contribution >= 0.6 is 0 Å². The van der Waals surface area contributed by atoms with Gasteiger partial charge in [0, 0.05) is 32.2 Å². The molecular weight excluding hydrogens is 454 g/mol. The van der Waals surface area contributed by atoms with Crippen LogP contribution in [0.25, 0.3) is 0 Å². The number of nitrogens with zero attached hydrogens (tertiary/aromatic N) is 1. The zero-order chi connectivity index (χ0) is 24.1. The molecule has 1 atom stereocenters. The molecule has 2 fully saturated rings. The Kier molecular flexibility index (Phi) is 7.65. The second-order valence-electron chi connectivity index (χ2n) is 8.87. The molecule has 0 unspecified atom stereocenters. The highest BCUT2D eigenvalue weighted by molar-refractivity contribution is 7.89. The predicted molar refractivity (Wildman–Crippen MR) is 129 cm³/mol. The molecule has 8 nitrogen and oxygen atoms in total. The van der Waals surface area contributed by atoms with Gasteiger partial charge in [0.2, 0.25) is 15.9 Å². The molecule has 2 amide bonds. The highest BCUT2D eigenvalue weighted by atomic mass is 32.2. The lowest BCUT2D eigenvalue weighted by atomic mass is 9.97. The number of para-hydroxylation sites is 1. The molecule has 2 N–H and O–H groups in total. The standard InChI is InChI=1S/C25H31N3O5S/c1-18-8-10-21(11-9-18)34(31,32)28-14-12-19(13-15-28)24(29)27-23-7-3-2-6-22(23)25(30)26-17-20-5-4-16-33-20/h2-3,6-11,19-20H,4-5,12-17H2,1H3,(H,26,30)(H,27,29)/t20-/m1/s1. The van der Waals surface area contributed by atoms with Crippen molar-refractivity contribution in [3.8, 4) is 0 Å². The molecule has 2 aromatic carbocycles. The van der Waals surface area contributed by atoms with Crippen molar-refractivity contribution >= 4 is 27.5 Å². The van der Waals surface area contributed by atoms with Crippen molar-refractivity contribution in [2.45, 2.75) is 43.6 Å². The minimum atomic E-state index is -3.58. The van der Waals surface area contributed by atoms with Crippen LogP contribution in [0.3, 0.4) is 0 Å². The van der Waals surface area contributed by atoms with E-state index < -0.39 is 10.0 Å². The van der Waals surface area contributed by atoms with Crippen molar-refractivity contribution in [3.05, 3.63) is 59.7 Å². The number of nitrogens with one attached hydrogen (secondary N) is 2. The molecule has 9 heteroatoms. The fourth-order valence-electron chi connectivity index (χ4n) is 4.35. The van der Waals surface area contributed by atoms with Gasteiger partial charge in [0.15, 0.2) is 0 Å². The molecule has 0 radical (unpaired) electrons. The van der Waals surface area contributed by atoms with E-state index in [1.807, 2.05) is 6.92 Å². The number of piperidine rings is 1. The summed E-state index contributed by atoms with van der Waals surface area (Å²) >= 11 is 0. The summed E-state index contributed by atoms with van der Waals surface area (Å²) in [4.78, 5) is 25.9. The topological polar surface area (TPSA) is 105 Å². The number of carbonyl (C=O) groups excluding carboxylic acids is 2. The average molecular weight is 486 g/mol. The number of rotatable bonds is 7. The number of ether oxygens (including phenoxy) is 1. The summed E-state index contributed by atoms with van der Waals surface area (Å²) < 4.78 is 32.8. The van der Waals surface area contributed by atoms with Crippen molar-refractivity contribution in [1.82, 2.24) is 9.62 Å². The second-order valence-corrected chi connectivity index (χ2v) is 10.8. The predicted octanol–water partition coefficient (Wildman–Crippen LogP) is 2.94. The normalized spacial score (nSPS) is 19.6. The summed E-state index contributed by atoms with van der Waals surface area (Å²) in [6, 6.07) is 13.7. The van der Waals surface area contributed by atoms with Crippen molar-refractivity contribution in [2.75, 3.05) is 31.6 Å². The number of aryl methyl sites for hydroxylation is 1. The Bertz CT molecular complexity index is 1120. The third kappa shape index (κ3) is 5.65. The molecule has 34 heavy (non-hydrogen) atoms. The van der Waals surface area contributed by atoms with Gasteiger partial charge >= 0.3 is 0 Å². The van der Waals surface area contributed by atoms with E-state index >= 15 is 0 Å². The first-order valence-electron chi connectivity index (χ1n) is 11.7. The fraction of sp³-hybridized carbons (Fsp3) is 0.440. The zero-order valence-electron chi connectivity index (χ0n) is 19.3. The molecule has 2 aliphatic rings.